The lowest BCUT2D eigenvalue weighted by molar-refractivity contribution is -0.308. The molecular formula is C29H39N2O3S-. The van der Waals surface area contributed by atoms with Gasteiger partial charge in [0.1, 0.15) is 0 Å². The van der Waals surface area contributed by atoms with Crippen LogP contribution in [0.2, 0.25) is 0 Å². The average Bonchev–Trinajstić information content (AvgIpc) is 2.85. The summed E-state index contributed by atoms with van der Waals surface area (Å²) >= 11 is 1.54. The first-order chi connectivity index (χ1) is 16.9. The summed E-state index contributed by atoms with van der Waals surface area (Å²) in [6.45, 7) is 5.01. The number of nitrogens with one attached hydrogen (secondary N) is 2. The van der Waals surface area contributed by atoms with Crippen molar-refractivity contribution in [3.05, 3.63) is 59.2 Å². The molecule has 1 amide bonds. The molecule has 0 spiro atoms. The van der Waals surface area contributed by atoms with Crippen molar-refractivity contribution in [1.29, 1.82) is 0 Å². The first kappa shape index (κ1) is 27.3. The van der Waals surface area contributed by atoms with E-state index < -0.39 is 12.0 Å². The lowest BCUT2D eigenvalue weighted by atomic mass is 9.85. The van der Waals surface area contributed by atoms with Crippen LogP contribution >= 0.6 is 11.8 Å². The van der Waals surface area contributed by atoms with Crippen molar-refractivity contribution in [2.45, 2.75) is 77.4 Å². The Morgan fingerprint density at radius 1 is 1.09 bits per heavy atom. The SMILES string of the molecule is CSCC[C@H](NC(=O)c1ccc(CN[C@H](C)CC2CCCCC2)cc1-c1ccccc1C)C(=O)[O-]. The van der Waals surface area contributed by atoms with Crippen molar-refractivity contribution in [3.8, 4) is 11.1 Å². The van der Waals surface area contributed by atoms with Crippen molar-refractivity contribution < 1.29 is 14.7 Å². The average molecular weight is 496 g/mol. The van der Waals surface area contributed by atoms with Crippen LogP contribution in [0.1, 0.15) is 73.4 Å². The Morgan fingerprint density at radius 2 is 1.83 bits per heavy atom. The molecule has 1 fully saturated rings. The number of hydrogen-bond acceptors (Lipinski definition) is 5. The number of carboxylic acid groups (broad SMARTS) is 1. The number of aryl methyl sites for hydroxylation is 1. The summed E-state index contributed by atoms with van der Waals surface area (Å²) in [5, 5.41) is 17.9. The molecule has 0 aliphatic heterocycles. The van der Waals surface area contributed by atoms with Gasteiger partial charge in [-0.2, -0.15) is 11.8 Å². The van der Waals surface area contributed by atoms with Crippen molar-refractivity contribution in [2.75, 3.05) is 12.0 Å². The molecule has 2 aromatic rings. The number of benzene rings is 2. The van der Waals surface area contributed by atoms with Crippen molar-refractivity contribution in [3.63, 3.8) is 0 Å². The molecule has 1 aliphatic carbocycles. The molecule has 0 saturated heterocycles. The van der Waals surface area contributed by atoms with E-state index in [-0.39, 0.29) is 5.91 Å². The molecule has 0 aromatic heterocycles. The van der Waals surface area contributed by atoms with Crippen LogP contribution in [0, 0.1) is 12.8 Å². The van der Waals surface area contributed by atoms with Crippen LogP contribution in [0.25, 0.3) is 11.1 Å². The van der Waals surface area contributed by atoms with Crippen molar-refractivity contribution in [2.24, 2.45) is 5.92 Å². The Hall–Kier alpha value is -2.31. The van der Waals surface area contributed by atoms with Gasteiger partial charge < -0.3 is 20.5 Å². The highest BCUT2D eigenvalue weighted by Gasteiger charge is 2.20. The van der Waals surface area contributed by atoms with E-state index in [0.717, 1.165) is 34.7 Å². The first-order valence-corrected chi connectivity index (χ1v) is 14.2. The fourth-order valence-corrected chi connectivity index (χ4v) is 5.49. The number of aliphatic carboxylic acids is 1. The maximum Gasteiger partial charge on any atom is 0.252 e. The second-order valence-corrected chi connectivity index (χ2v) is 10.8. The minimum Gasteiger partial charge on any atom is -0.548 e. The highest BCUT2D eigenvalue weighted by atomic mass is 32.2. The topological polar surface area (TPSA) is 81.3 Å². The number of rotatable bonds is 12. The minimum atomic E-state index is -1.25. The summed E-state index contributed by atoms with van der Waals surface area (Å²) in [6.07, 6.45) is 10.2. The van der Waals surface area contributed by atoms with Crippen LogP contribution in [-0.2, 0) is 11.3 Å². The fourth-order valence-electron chi connectivity index (χ4n) is 5.02. The molecule has 2 atom stereocenters. The molecule has 0 unspecified atom stereocenters. The van der Waals surface area contributed by atoms with E-state index in [1.54, 1.807) is 11.8 Å². The number of hydrogen-bond donors (Lipinski definition) is 2. The summed E-state index contributed by atoms with van der Waals surface area (Å²) in [7, 11) is 0. The van der Waals surface area contributed by atoms with E-state index >= 15 is 0 Å². The third-order valence-electron chi connectivity index (χ3n) is 7.03. The molecule has 1 saturated carbocycles. The predicted octanol–water partition coefficient (Wildman–Crippen LogP) is 4.71. The van der Waals surface area contributed by atoms with Crippen LogP contribution in [-0.4, -0.2) is 36.0 Å². The van der Waals surface area contributed by atoms with Gasteiger partial charge in [0.05, 0.1) is 12.0 Å². The minimum absolute atomic E-state index is 0.329. The van der Waals surface area contributed by atoms with Crippen molar-refractivity contribution >= 4 is 23.6 Å². The molecule has 5 nitrogen and oxygen atoms in total. The second kappa shape index (κ2) is 13.7. The molecule has 6 heteroatoms. The fraction of sp³-hybridized carbons (Fsp3) is 0.517. The molecule has 0 heterocycles. The van der Waals surface area contributed by atoms with Crippen LogP contribution in [0.5, 0.6) is 0 Å². The van der Waals surface area contributed by atoms with Gasteiger partial charge in [-0.1, -0.05) is 62.4 Å². The normalized spacial score (nSPS) is 16.0. The van der Waals surface area contributed by atoms with Gasteiger partial charge in [0.15, 0.2) is 0 Å². The van der Waals surface area contributed by atoms with Gasteiger partial charge in [-0.3, -0.25) is 4.79 Å². The monoisotopic (exact) mass is 495 g/mol. The smallest absolute Gasteiger partial charge is 0.252 e. The zero-order chi connectivity index (χ0) is 25.2. The zero-order valence-corrected chi connectivity index (χ0v) is 22.1. The largest absolute Gasteiger partial charge is 0.548 e. The Kier molecular flexibility index (Phi) is 10.7. The highest BCUT2D eigenvalue weighted by Crippen LogP contribution is 2.29. The maximum absolute atomic E-state index is 13.2. The molecule has 0 bridgehead atoms. The van der Waals surface area contributed by atoms with Crippen LogP contribution < -0.4 is 15.7 Å². The molecular weight excluding hydrogens is 456 g/mol. The molecule has 35 heavy (non-hydrogen) atoms. The van der Waals surface area contributed by atoms with Gasteiger partial charge >= 0.3 is 0 Å². The van der Waals surface area contributed by atoms with Crippen molar-refractivity contribution in [1.82, 2.24) is 10.6 Å². The highest BCUT2D eigenvalue weighted by molar-refractivity contribution is 7.98. The standard InChI is InChI=1S/C29H40N2O3S/c1-20-9-7-8-12-24(20)26-18-23(19-30-21(2)17-22-10-5-4-6-11-22)13-14-25(26)28(32)31-27(29(33)34)15-16-35-3/h7-9,12-14,18,21-22,27,30H,4-6,10-11,15-17,19H2,1-3H3,(H,31,32)(H,33,34)/p-1/t21-,27+/m1/s1. The van der Waals surface area contributed by atoms with Crippen LogP contribution in [0.4, 0.5) is 0 Å². The molecule has 190 valence electrons. The van der Waals surface area contributed by atoms with Gasteiger partial charge in [-0.05, 0) is 79.0 Å². The van der Waals surface area contributed by atoms with E-state index in [4.69, 9.17) is 0 Å². The van der Waals surface area contributed by atoms with E-state index in [2.05, 4.69) is 23.6 Å². The summed E-state index contributed by atoms with van der Waals surface area (Å²) < 4.78 is 0. The van der Waals surface area contributed by atoms with E-state index in [1.165, 1.54) is 38.5 Å². The van der Waals surface area contributed by atoms with Gasteiger partial charge in [-0.15, -0.1) is 0 Å². The van der Waals surface area contributed by atoms with Gasteiger partial charge in [0.2, 0.25) is 0 Å². The van der Waals surface area contributed by atoms with Gasteiger partial charge in [0, 0.05) is 18.2 Å². The predicted molar refractivity (Wildman–Crippen MR) is 143 cm³/mol. The molecule has 3 rings (SSSR count). The number of thioether (sulfide) groups is 1. The van der Waals surface area contributed by atoms with Gasteiger partial charge in [0.25, 0.3) is 5.91 Å². The molecule has 2 aromatic carbocycles. The van der Waals surface area contributed by atoms with Crippen LogP contribution in [0.15, 0.2) is 42.5 Å². The summed E-state index contributed by atoms with van der Waals surface area (Å²) in [4.78, 5) is 24.8. The number of carboxylic acids is 1. The van der Waals surface area contributed by atoms with Gasteiger partial charge in [-0.25, -0.2) is 0 Å². The molecule has 2 N–H and O–H groups in total. The maximum atomic E-state index is 13.2. The Bertz CT molecular complexity index is 988. The van der Waals surface area contributed by atoms with E-state index in [9.17, 15) is 14.7 Å². The summed E-state index contributed by atoms with van der Waals surface area (Å²) in [5.74, 6) is -0.184. The third-order valence-corrected chi connectivity index (χ3v) is 7.67. The Morgan fingerprint density at radius 3 is 2.51 bits per heavy atom. The molecule has 0 radical (unpaired) electrons. The number of amides is 1. The van der Waals surface area contributed by atoms with E-state index in [1.807, 2.05) is 49.6 Å². The quantitative estimate of drug-likeness (QED) is 0.446. The Balaban J connectivity index is 1.78. The lowest BCUT2D eigenvalue weighted by Crippen LogP contribution is -2.48. The summed E-state index contributed by atoms with van der Waals surface area (Å²) in [6, 6.07) is 13.2. The zero-order valence-electron chi connectivity index (χ0n) is 21.3. The lowest BCUT2D eigenvalue weighted by Gasteiger charge is -2.25. The second-order valence-electron chi connectivity index (χ2n) is 9.84. The Labute approximate surface area is 214 Å². The number of carbonyl (C=O) groups is 2. The molecule has 1 aliphatic rings. The summed E-state index contributed by atoms with van der Waals surface area (Å²) in [5.41, 5.74) is 4.45. The first-order valence-electron chi connectivity index (χ1n) is 12.8. The van der Waals surface area contributed by atoms with E-state index in [0.29, 0.717) is 23.8 Å². The third kappa shape index (κ3) is 8.11. The van der Waals surface area contributed by atoms with Crippen LogP contribution in [0.3, 0.4) is 0 Å². The number of carbonyl (C=O) groups excluding carboxylic acids is 2.